The Labute approximate surface area is 120 Å². The number of carbonyl (C=O) groups excluding carboxylic acids is 1. The summed E-state index contributed by atoms with van der Waals surface area (Å²) in [4.78, 5) is 12.0. The van der Waals surface area contributed by atoms with Gasteiger partial charge in [-0.15, -0.1) is 0 Å². The number of para-hydroxylation sites is 1. The average molecular weight is 282 g/mol. The third-order valence-electron chi connectivity index (χ3n) is 2.70. The molecule has 2 N–H and O–H groups in total. The van der Waals surface area contributed by atoms with Crippen molar-refractivity contribution in [3.63, 3.8) is 0 Å². The smallest absolute Gasteiger partial charge is 0.266 e. The van der Waals surface area contributed by atoms with E-state index in [9.17, 15) is 14.3 Å². The first kappa shape index (κ1) is 14.3. The van der Waals surface area contributed by atoms with Crippen LogP contribution in [0.3, 0.4) is 0 Å². The van der Waals surface area contributed by atoms with E-state index in [1.54, 1.807) is 24.3 Å². The van der Waals surface area contributed by atoms with Gasteiger partial charge in [-0.05, 0) is 36.4 Å². The number of halogens is 1. The molecule has 0 aliphatic heterocycles. The topological polar surface area (TPSA) is 73.1 Å². The van der Waals surface area contributed by atoms with E-state index in [0.717, 1.165) is 0 Å². The molecule has 0 fully saturated rings. The molecule has 2 rings (SSSR count). The van der Waals surface area contributed by atoms with Gasteiger partial charge < -0.3 is 10.4 Å². The van der Waals surface area contributed by atoms with Gasteiger partial charge in [0.05, 0.1) is 0 Å². The number of nitriles is 1. The first-order valence-electron chi connectivity index (χ1n) is 6.07. The minimum absolute atomic E-state index is 0.0279. The lowest BCUT2D eigenvalue weighted by molar-refractivity contribution is -0.112. The van der Waals surface area contributed by atoms with Gasteiger partial charge in [-0.2, -0.15) is 5.26 Å². The van der Waals surface area contributed by atoms with Crippen LogP contribution in [0.4, 0.5) is 10.1 Å². The fraction of sp³-hybridized carbons (Fsp3) is 0. The molecule has 0 saturated heterocycles. The Morgan fingerprint density at radius 2 is 1.86 bits per heavy atom. The third kappa shape index (κ3) is 3.67. The highest BCUT2D eigenvalue weighted by molar-refractivity contribution is 6.09. The largest absolute Gasteiger partial charge is 0.507 e. The number of phenols is 1. The van der Waals surface area contributed by atoms with Crippen molar-refractivity contribution < 1.29 is 14.3 Å². The number of anilines is 1. The highest BCUT2D eigenvalue weighted by Gasteiger charge is 2.10. The van der Waals surface area contributed by atoms with Crippen LogP contribution in [-0.2, 0) is 4.79 Å². The molecule has 4 nitrogen and oxygen atoms in total. The second-order valence-corrected chi connectivity index (χ2v) is 4.19. The van der Waals surface area contributed by atoms with E-state index in [0.29, 0.717) is 11.3 Å². The molecule has 2 aromatic carbocycles. The molecule has 104 valence electrons. The second-order valence-electron chi connectivity index (χ2n) is 4.19. The van der Waals surface area contributed by atoms with Gasteiger partial charge in [0.2, 0.25) is 0 Å². The molecular weight excluding hydrogens is 271 g/mol. The van der Waals surface area contributed by atoms with Crippen LogP contribution in [0, 0.1) is 17.1 Å². The van der Waals surface area contributed by atoms with Gasteiger partial charge in [0.15, 0.2) is 0 Å². The molecule has 0 radical (unpaired) electrons. The second kappa shape index (κ2) is 6.35. The molecule has 0 atom stereocenters. The number of aromatic hydroxyl groups is 1. The molecular formula is C16H11FN2O2. The number of phenolic OH excluding ortho intramolecular Hbond substituents is 1. The molecule has 0 saturated carbocycles. The molecule has 0 aromatic heterocycles. The Balaban J connectivity index is 2.22. The number of nitrogens with zero attached hydrogens (tertiary/aromatic N) is 1. The van der Waals surface area contributed by atoms with Crippen LogP contribution >= 0.6 is 0 Å². The van der Waals surface area contributed by atoms with Gasteiger partial charge in [-0.1, -0.05) is 18.2 Å². The van der Waals surface area contributed by atoms with E-state index in [4.69, 9.17) is 5.26 Å². The maximum atomic E-state index is 12.8. The molecule has 0 heterocycles. The van der Waals surface area contributed by atoms with E-state index in [1.165, 1.54) is 36.4 Å². The molecule has 5 heteroatoms. The predicted molar refractivity (Wildman–Crippen MR) is 76.7 cm³/mol. The average Bonchev–Trinajstić information content (AvgIpc) is 2.48. The van der Waals surface area contributed by atoms with Gasteiger partial charge in [0.25, 0.3) is 5.91 Å². The molecule has 1 amide bonds. The summed E-state index contributed by atoms with van der Waals surface area (Å²) in [5.74, 6) is -1.08. The van der Waals surface area contributed by atoms with E-state index >= 15 is 0 Å². The van der Waals surface area contributed by atoms with Crippen LogP contribution in [-0.4, -0.2) is 11.0 Å². The summed E-state index contributed by atoms with van der Waals surface area (Å²) in [5.41, 5.74) is 0.573. The van der Waals surface area contributed by atoms with E-state index < -0.39 is 11.7 Å². The van der Waals surface area contributed by atoms with Crippen LogP contribution in [0.5, 0.6) is 5.75 Å². The fourth-order valence-corrected chi connectivity index (χ4v) is 1.65. The third-order valence-corrected chi connectivity index (χ3v) is 2.70. The van der Waals surface area contributed by atoms with Crippen LogP contribution in [0.15, 0.2) is 54.1 Å². The quantitative estimate of drug-likeness (QED) is 0.671. The summed E-state index contributed by atoms with van der Waals surface area (Å²) in [6.45, 7) is 0. The predicted octanol–water partition coefficient (Wildman–Crippen LogP) is 3.08. The van der Waals surface area contributed by atoms with E-state index in [2.05, 4.69) is 5.32 Å². The van der Waals surface area contributed by atoms with Crippen LogP contribution < -0.4 is 5.32 Å². The van der Waals surface area contributed by atoms with Gasteiger partial charge in [0.1, 0.15) is 23.2 Å². The number of nitrogens with one attached hydrogen (secondary N) is 1. The monoisotopic (exact) mass is 282 g/mol. The number of rotatable bonds is 3. The standard InChI is InChI=1S/C16H11FN2O2/c17-13-5-7-14(8-6-13)19-16(21)12(10-18)9-11-3-1-2-4-15(11)20/h1-9,20H,(H,19,21). The summed E-state index contributed by atoms with van der Waals surface area (Å²) >= 11 is 0. The lowest BCUT2D eigenvalue weighted by Crippen LogP contribution is -2.13. The van der Waals surface area contributed by atoms with Crippen molar-refractivity contribution in [2.24, 2.45) is 0 Å². The molecule has 2 aromatic rings. The summed E-state index contributed by atoms with van der Waals surface area (Å²) in [6, 6.07) is 13.3. The maximum Gasteiger partial charge on any atom is 0.266 e. The van der Waals surface area contributed by atoms with Gasteiger partial charge >= 0.3 is 0 Å². The van der Waals surface area contributed by atoms with Crippen molar-refractivity contribution >= 4 is 17.7 Å². The Kier molecular flexibility index (Phi) is 4.32. The normalized spacial score (nSPS) is 10.8. The van der Waals surface area contributed by atoms with E-state index in [1.807, 2.05) is 0 Å². The Hall–Kier alpha value is -3.13. The SMILES string of the molecule is N#CC(=Cc1ccccc1O)C(=O)Nc1ccc(F)cc1. The zero-order valence-electron chi connectivity index (χ0n) is 10.9. The van der Waals surface area contributed by atoms with Crippen molar-refractivity contribution in [3.05, 3.63) is 65.5 Å². The maximum absolute atomic E-state index is 12.8. The van der Waals surface area contributed by atoms with Crippen molar-refractivity contribution in [2.75, 3.05) is 5.32 Å². The minimum Gasteiger partial charge on any atom is -0.507 e. The molecule has 0 spiro atoms. The summed E-state index contributed by atoms with van der Waals surface area (Å²) < 4.78 is 12.8. The summed E-state index contributed by atoms with van der Waals surface area (Å²) in [6.07, 6.45) is 1.29. The van der Waals surface area contributed by atoms with Crippen molar-refractivity contribution in [2.45, 2.75) is 0 Å². The lowest BCUT2D eigenvalue weighted by Gasteiger charge is -2.04. The number of carbonyl (C=O) groups is 1. The number of hydrogen-bond acceptors (Lipinski definition) is 3. The minimum atomic E-state index is -0.632. The fourth-order valence-electron chi connectivity index (χ4n) is 1.65. The first-order valence-corrected chi connectivity index (χ1v) is 6.07. The van der Waals surface area contributed by atoms with Gasteiger partial charge in [-0.25, -0.2) is 4.39 Å². The number of hydrogen-bond donors (Lipinski definition) is 2. The van der Waals surface area contributed by atoms with Crippen LogP contribution in [0.2, 0.25) is 0 Å². The van der Waals surface area contributed by atoms with Crippen LogP contribution in [0.25, 0.3) is 6.08 Å². The van der Waals surface area contributed by atoms with Crippen molar-refractivity contribution in [1.82, 2.24) is 0 Å². The summed E-state index contributed by atoms with van der Waals surface area (Å²) in [5, 5.41) is 21.2. The molecule has 0 unspecified atom stereocenters. The number of amides is 1. The van der Waals surface area contributed by atoms with E-state index in [-0.39, 0.29) is 11.3 Å². The molecule has 0 aliphatic rings. The Morgan fingerprint density at radius 1 is 1.19 bits per heavy atom. The number of benzene rings is 2. The van der Waals surface area contributed by atoms with Crippen LogP contribution in [0.1, 0.15) is 5.56 Å². The first-order chi connectivity index (χ1) is 10.1. The van der Waals surface area contributed by atoms with Gasteiger partial charge in [-0.3, -0.25) is 4.79 Å². The highest BCUT2D eigenvalue weighted by atomic mass is 19.1. The molecule has 21 heavy (non-hydrogen) atoms. The molecule has 0 bridgehead atoms. The molecule has 0 aliphatic carbocycles. The Morgan fingerprint density at radius 3 is 2.48 bits per heavy atom. The zero-order valence-corrected chi connectivity index (χ0v) is 10.9. The zero-order chi connectivity index (χ0) is 15.2. The highest BCUT2D eigenvalue weighted by Crippen LogP contribution is 2.19. The van der Waals surface area contributed by atoms with Gasteiger partial charge in [0, 0.05) is 11.3 Å². The van der Waals surface area contributed by atoms with Crippen molar-refractivity contribution in [1.29, 1.82) is 5.26 Å². The Bertz CT molecular complexity index is 731. The lowest BCUT2D eigenvalue weighted by atomic mass is 10.1. The van der Waals surface area contributed by atoms with Crippen molar-refractivity contribution in [3.8, 4) is 11.8 Å². The summed E-state index contributed by atoms with van der Waals surface area (Å²) in [7, 11) is 0.